The van der Waals surface area contributed by atoms with E-state index in [0.717, 1.165) is 12.0 Å². The summed E-state index contributed by atoms with van der Waals surface area (Å²) in [7, 11) is 0. The molecule has 7 heteroatoms. The largest absolute Gasteiger partial charge is 0.350 e. The molecule has 2 N–H and O–H groups in total. The quantitative estimate of drug-likeness (QED) is 0.577. The molecule has 1 unspecified atom stereocenters. The van der Waals surface area contributed by atoms with E-state index in [2.05, 4.69) is 10.6 Å². The molecular formula is C20H23N3O4. The summed E-state index contributed by atoms with van der Waals surface area (Å²) in [6, 6.07) is 11.4. The van der Waals surface area contributed by atoms with Crippen molar-refractivity contribution in [3.8, 4) is 0 Å². The highest BCUT2D eigenvalue weighted by atomic mass is 16.6. The van der Waals surface area contributed by atoms with Crippen LogP contribution in [-0.4, -0.2) is 22.8 Å². The van der Waals surface area contributed by atoms with E-state index in [4.69, 9.17) is 0 Å². The number of hydrogen-bond acceptors (Lipinski definition) is 4. The highest BCUT2D eigenvalue weighted by Crippen LogP contribution is 2.18. The second-order valence-corrected chi connectivity index (χ2v) is 6.42. The maximum absolute atomic E-state index is 12.3. The molecule has 0 heterocycles. The van der Waals surface area contributed by atoms with Gasteiger partial charge in [-0.3, -0.25) is 19.7 Å². The van der Waals surface area contributed by atoms with Crippen LogP contribution in [0.4, 0.5) is 5.69 Å². The van der Waals surface area contributed by atoms with Gasteiger partial charge in [0.15, 0.2) is 0 Å². The fourth-order valence-electron chi connectivity index (χ4n) is 2.52. The van der Waals surface area contributed by atoms with Crippen molar-refractivity contribution < 1.29 is 14.5 Å². The third kappa shape index (κ3) is 5.37. The summed E-state index contributed by atoms with van der Waals surface area (Å²) < 4.78 is 0. The number of carbonyl (C=O) groups is 2. The average Bonchev–Trinajstić information content (AvgIpc) is 2.65. The van der Waals surface area contributed by atoms with Crippen molar-refractivity contribution in [3.05, 3.63) is 74.8 Å². The Bertz CT molecular complexity index is 864. The Morgan fingerprint density at radius 2 is 1.81 bits per heavy atom. The van der Waals surface area contributed by atoms with Crippen molar-refractivity contribution in [1.82, 2.24) is 10.6 Å². The van der Waals surface area contributed by atoms with Crippen LogP contribution in [0.2, 0.25) is 0 Å². The summed E-state index contributed by atoms with van der Waals surface area (Å²) in [5.74, 6) is -0.481. The minimum absolute atomic E-state index is 0.0217. The van der Waals surface area contributed by atoms with Crippen LogP contribution in [0.3, 0.4) is 0 Å². The molecule has 2 aromatic rings. The highest BCUT2D eigenvalue weighted by Gasteiger charge is 2.14. The minimum Gasteiger partial charge on any atom is -0.350 e. The number of benzene rings is 2. The van der Waals surface area contributed by atoms with Gasteiger partial charge in [-0.2, -0.15) is 0 Å². The third-order valence-corrected chi connectivity index (χ3v) is 4.29. The molecule has 0 saturated carbocycles. The van der Waals surface area contributed by atoms with Crippen LogP contribution in [0.25, 0.3) is 0 Å². The van der Waals surface area contributed by atoms with E-state index in [1.54, 1.807) is 25.1 Å². The lowest BCUT2D eigenvalue weighted by Crippen LogP contribution is -2.32. The SMILES string of the molecule is CCC(C)NC(=O)c1cccc(CNC(=O)c2ccc([N+](=O)[O-])c(C)c2)c1. The Balaban J connectivity index is 2.03. The van der Waals surface area contributed by atoms with Gasteiger partial charge in [-0.05, 0) is 50.1 Å². The molecule has 0 aliphatic heterocycles. The summed E-state index contributed by atoms with van der Waals surface area (Å²) in [4.78, 5) is 34.9. The number of carbonyl (C=O) groups excluding carboxylic acids is 2. The fraction of sp³-hybridized carbons (Fsp3) is 0.300. The maximum atomic E-state index is 12.3. The predicted octanol–water partition coefficient (Wildman–Crippen LogP) is 3.36. The third-order valence-electron chi connectivity index (χ3n) is 4.29. The molecule has 0 aromatic heterocycles. The van der Waals surface area contributed by atoms with Gasteiger partial charge in [0.2, 0.25) is 0 Å². The van der Waals surface area contributed by atoms with E-state index in [0.29, 0.717) is 16.7 Å². The summed E-state index contributed by atoms with van der Waals surface area (Å²) in [5.41, 5.74) is 2.08. The van der Waals surface area contributed by atoms with Crippen LogP contribution >= 0.6 is 0 Å². The van der Waals surface area contributed by atoms with Crippen molar-refractivity contribution >= 4 is 17.5 Å². The molecule has 0 fully saturated rings. The molecule has 2 rings (SSSR count). The zero-order chi connectivity index (χ0) is 20.0. The smallest absolute Gasteiger partial charge is 0.272 e. The van der Waals surface area contributed by atoms with E-state index < -0.39 is 4.92 Å². The highest BCUT2D eigenvalue weighted by molar-refractivity contribution is 5.95. The van der Waals surface area contributed by atoms with Crippen molar-refractivity contribution in [2.45, 2.75) is 39.8 Å². The van der Waals surface area contributed by atoms with E-state index in [-0.39, 0.29) is 30.1 Å². The summed E-state index contributed by atoms with van der Waals surface area (Å²) in [6.45, 7) is 5.78. The van der Waals surface area contributed by atoms with Crippen LogP contribution in [0.5, 0.6) is 0 Å². The Morgan fingerprint density at radius 1 is 1.11 bits per heavy atom. The second kappa shape index (κ2) is 8.93. The van der Waals surface area contributed by atoms with Crippen molar-refractivity contribution in [1.29, 1.82) is 0 Å². The summed E-state index contributed by atoms with van der Waals surface area (Å²) in [5, 5.41) is 16.5. The van der Waals surface area contributed by atoms with Crippen LogP contribution in [0.15, 0.2) is 42.5 Å². The molecule has 2 aromatic carbocycles. The van der Waals surface area contributed by atoms with Crippen LogP contribution in [0.1, 0.15) is 52.1 Å². The number of nitro benzene ring substituents is 1. The normalized spacial score (nSPS) is 11.5. The number of nitrogens with one attached hydrogen (secondary N) is 2. The molecule has 0 bridgehead atoms. The molecule has 142 valence electrons. The lowest BCUT2D eigenvalue weighted by Gasteiger charge is -2.12. The van der Waals surface area contributed by atoms with E-state index in [1.165, 1.54) is 18.2 Å². The molecule has 7 nitrogen and oxygen atoms in total. The van der Waals surface area contributed by atoms with Gasteiger partial charge in [0, 0.05) is 35.3 Å². The van der Waals surface area contributed by atoms with Gasteiger partial charge in [-0.25, -0.2) is 0 Å². The molecule has 0 radical (unpaired) electrons. The van der Waals surface area contributed by atoms with Gasteiger partial charge in [-0.1, -0.05) is 19.1 Å². The molecule has 27 heavy (non-hydrogen) atoms. The van der Waals surface area contributed by atoms with Gasteiger partial charge >= 0.3 is 0 Å². The molecule has 1 atom stereocenters. The van der Waals surface area contributed by atoms with Crippen LogP contribution in [-0.2, 0) is 6.54 Å². The number of rotatable bonds is 7. The molecule has 2 amide bonds. The fourth-order valence-corrected chi connectivity index (χ4v) is 2.52. The van der Waals surface area contributed by atoms with E-state index >= 15 is 0 Å². The van der Waals surface area contributed by atoms with Crippen molar-refractivity contribution in [3.63, 3.8) is 0 Å². The Labute approximate surface area is 157 Å². The lowest BCUT2D eigenvalue weighted by atomic mass is 10.1. The van der Waals surface area contributed by atoms with E-state index in [1.807, 2.05) is 19.9 Å². The number of hydrogen-bond donors (Lipinski definition) is 2. The zero-order valence-electron chi connectivity index (χ0n) is 15.6. The molecule has 0 spiro atoms. The Kier molecular flexibility index (Phi) is 6.65. The molecule has 0 aliphatic rings. The van der Waals surface area contributed by atoms with Gasteiger partial charge in [-0.15, -0.1) is 0 Å². The van der Waals surface area contributed by atoms with Gasteiger partial charge in [0.05, 0.1) is 4.92 Å². The number of amides is 2. The monoisotopic (exact) mass is 369 g/mol. The van der Waals surface area contributed by atoms with Gasteiger partial charge in [0.1, 0.15) is 0 Å². The number of nitrogens with zero attached hydrogens (tertiary/aromatic N) is 1. The van der Waals surface area contributed by atoms with Crippen LogP contribution in [0, 0.1) is 17.0 Å². The van der Waals surface area contributed by atoms with Gasteiger partial charge < -0.3 is 10.6 Å². The maximum Gasteiger partial charge on any atom is 0.272 e. The first-order chi connectivity index (χ1) is 12.8. The first-order valence-electron chi connectivity index (χ1n) is 8.74. The number of aryl methyl sites for hydroxylation is 1. The molecular weight excluding hydrogens is 346 g/mol. The first-order valence-corrected chi connectivity index (χ1v) is 8.74. The lowest BCUT2D eigenvalue weighted by molar-refractivity contribution is -0.385. The summed E-state index contributed by atoms with van der Waals surface area (Å²) in [6.07, 6.45) is 0.843. The molecule has 0 saturated heterocycles. The first kappa shape index (κ1) is 20.1. The summed E-state index contributed by atoms with van der Waals surface area (Å²) >= 11 is 0. The predicted molar refractivity (Wildman–Crippen MR) is 103 cm³/mol. The average molecular weight is 369 g/mol. The number of nitro groups is 1. The van der Waals surface area contributed by atoms with Crippen LogP contribution < -0.4 is 10.6 Å². The second-order valence-electron chi connectivity index (χ2n) is 6.42. The zero-order valence-corrected chi connectivity index (χ0v) is 15.6. The topological polar surface area (TPSA) is 101 Å². The van der Waals surface area contributed by atoms with Crippen molar-refractivity contribution in [2.75, 3.05) is 0 Å². The van der Waals surface area contributed by atoms with Gasteiger partial charge in [0.25, 0.3) is 17.5 Å². The standard InChI is InChI=1S/C20H23N3O4/c1-4-14(3)22-20(25)16-7-5-6-15(11-16)12-21-19(24)17-8-9-18(23(26)27)13(2)10-17/h5-11,14H,4,12H2,1-3H3,(H,21,24)(H,22,25). The Hall–Kier alpha value is -3.22. The minimum atomic E-state index is -0.479. The van der Waals surface area contributed by atoms with E-state index in [9.17, 15) is 19.7 Å². The van der Waals surface area contributed by atoms with Crippen molar-refractivity contribution in [2.24, 2.45) is 0 Å². The Morgan fingerprint density at radius 3 is 2.44 bits per heavy atom. The molecule has 0 aliphatic carbocycles.